The van der Waals surface area contributed by atoms with E-state index < -0.39 is 0 Å². The van der Waals surface area contributed by atoms with Gasteiger partial charge in [-0.1, -0.05) is 6.07 Å². The predicted octanol–water partition coefficient (Wildman–Crippen LogP) is 3.19. The van der Waals surface area contributed by atoms with Gasteiger partial charge in [-0.25, -0.2) is 4.98 Å². The van der Waals surface area contributed by atoms with Gasteiger partial charge in [-0.15, -0.1) is 11.8 Å². The van der Waals surface area contributed by atoms with Crippen LogP contribution in [0.5, 0.6) is 0 Å². The summed E-state index contributed by atoms with van der Waals surface area (Å²) in [7, 11) is 0. The lowest BCUT2D eigenvalue weighted by molar-refractivity contribution is 0.0709. The fourth-order valence-corrected chi connectivity index (χ4v) is 4.07. The number of hydrogen-bond donors (Lipinski definition) is 1. The number of amides is 1. The fraction of sp³-hybridized carbons (Fsp3) is 0.300. The molecule has 1 atom stereocenters. The van der Waals surface area contributed by atoms with Gasteiger partial charge in [0.05, 0.1) is 5.69 Å². The second kappa shape index (κ2) is 7.51. The van der Waals surface area contributed by atoms with Gasteiger partial charge in [-0.2, -0.15) is 0 Å². The highest BCUT2D eigenvalue weighted by atomic mass is 32.2. The molecule has 0 spiro atoms. The lowest BCUT2D eigenvalue weighted by Crippen LogP contribution is -2.45. The van der Waals surface area contributed by atoms with Crippen LogP contribution in [-0.4, -0.2) is 39.3 Å². The molecular formula is C20H22N4OS. The monoisotopic (exact) mass is 366 g/mol. The zero-order valence-corrected chi connectivity index (χ0v) is 15.4. The molecule has 134 valence electrons. The summed E-state index contributed by atoms with van der Waals surface area (Å²) in [4.78, 5) is 20.2. The molecule has 0 aliphatic carbocycles. The Morgan fingerprint density at radius 2 is 2.08 bits per heavy atom. The number of carbonyl (C=O) groups is 1. The van der Waals surface area contributed by atoms with Crippen LogP contribution in [0.2, 0.25) is 0 Å². The van der Waals surface area contributed by atoms with Crippen molar-refractivity contribution in [2.45, 2.75) is 29.5 Å². The van der Waals surface area contributed by atoms with Crippen LogP contribution in [0, 0.1) is 0 Å². The summed E-state index contributed by atoms with van der Waals surface area (Å²) in [5, 5.41) is 0. The number of imidazole rings is 1. The largest absolute Gasteiger partial charge is 0.337 e. The molecule has 0 radical (unpaired) electrons. The quantitative estimate of drug-likeness (QED) is 0.720. The van der Waals surface area contributed by atoms with Crippen LogP contribution >= 0.6 is 11.8 Å². The summed E-state index contributed by atoms with van der Waals surface area (Å²) in [6.45, 7) is 1.46. The standard InChI is InChI=1S/C20H22N4OS/c21-16-4-3-11-24(12-16)20(25)15-6-8-18(9-7-15)26-14-17-13-23-10-2-1-5-19(23)22-17/h1-2,5-10,13,16H,3-4,11-12,14,21H2. The molecule has 1 unspecified atom stereocenters. The van der Waals surface area contributed by atoms with Gasteiger partial charge in [0.1, 0.15) is 5.65 Å². The third kappa shape index (κ3) is 3.76. The van der Waals surface area contributed by atoms with Crippen molar-refractivity contribution >= 4 is 23.3 Å². The molecule has 1 aliphatic rings. The normalized spacial score (nSPS) is 17.6. The lowest BCUT2D eigenvalue weighted by atomic mass is 10.1. The van der Waals surface area contributed by atoms with E-state index in [1.54, 1.807) is 11.8 Å². The number of hydrogen-bond acceptors (Lipinski definition) is 4. The summed E-state index contributed by atoms with van der Waals surface area (Å²) in [5.41, 5.74) is 8.72. The second-order valence-corrected chi connectivity index (χ2v) is 7.71. The van der Waals surface area contributed by atoms with Gasteiger partial charge in [0.15, 0.2) is 0 Å². The van der Waals surface area contributed by atoms with E-state index in [1.807, 2.05) is 58.0 Å². The van der Waals surface area contributed by atoms with Crippen LogP contribution in [0.4, 0.5) is 0 Å². The first-order valence-electron chi connectivity index (χ1n) is 8.89. The van der Waals surface area contributed by atoms with E-state index in [2.05, 4.69) is 11.2 Å². The Bertz CT molecular complexity index is 873. The minimum atomic E-state index is 0.0806. The summed E-state index contributed by atoms with van der Waals surface area (Å²) in [6, 6.07) is 13.9. The molecule has 5 nitrogen and oxygen atoms in total. The van der Waals surface area contributed by atoms with E-state index in [0.717, 1.165) is 46.9 Å². The van der Waals surface area contributed by atoms with Gasteiger partial charge < -0.3 is 15.0 Å². The fourth-order valence-electron chi connectivity index (χ4n) is 3.28. The van der Waals surface area contributed by atoms with Gasteiger partial charge in [0.2, 0.25) is 0 Å². The molecule has 2 N–H and O–H groups in total. The third-order valence-corrected chi connectivity index (χ3v) is 5.69. The SMILES string of the molecule is NC1CCCN(C(=O)c2ccc(SCc3cn4ccccc4n3)cc2)C1. The molecule has 26 heavy (non-hydrogen) atoms. The van der Waals surface area contributed by atoms with Gasteiger partial charge in [-0.05, 0) is 49.2 Å². The number of fused-ring (bicyclic) bond motifs is 1. The summed E-state index contributed by atoms with van der Waals surface area (Å²) < 4.78 is 2.03. The zero-order chi connectivity index (χ0) is 17.9. The van der Waals surface area contributed by atoms with E-state index in [9.17, 15) is 4.79 Å². The van der Waals surface area contributed by atoms with Crippen molar-refractivity contribution in [3.63, 3.8) is 0 Å². The number of pyridine rings is 1. The highest BCUT2D eigenvalue weighted by molar-refractivity contribution is 7.98. The number of piperidine rings is 1. The maximum Gasteiger partial charge on any atom is 0.253 e. The number of aromatic nitrogens is 2. The van der Waals surface area contributed by atoms with Gasteiger partial charge in [0.25, 0.3) is 5.91 Å². The van der Waals surface area contributed by atoms with Crippen molar-refractivity contribution in [3.05, 3.63) is 66.1 Å². The maximum absolute atomic E-state index is 12.6. The Morgan fingerprint density at radius 3 is 2.85 bits per heavy atom. The van der Waals surface area contributed by atoms with Crippen LogP contribution in [-0.2, 0) is 5.75 Å². The van der Waals surface area contributed by atoms with Crippen LogP contribution in [0.25, 0.3) is 5.65 Å². The minimum Gasteiger partial charge on any atom is -0.337 e. The van der Waals surface area contributed by atoms with Crippen molar-refractivity contribution in [1.29, 1.82) is 0 Å². The Balaban J connectivity index is 1.38. The van der Waals surface area contributed by atoms with Gasteiger partial charge in [-0.3, -0.25) is 4.79 Å². The molecule has 3 aromatic rings. The van der Waals surface area contributed by atoms with Crippen LogP contribution in [0.15, 0.2) is 59.8 Å². The molecule has 2 aromatic heterocycles. The van der Waals surface area contributed by atoms with Gasteiger partial charge in [0, 0.05) is 47.7 Å². The molecule has 1 aliphatic heterocycles. The summed E-state index contributed by atoms with van der Waals surface area (Å²) in [6.07, 6.45) is 6.05. The van der Waals surface area contributed by atoms with Gasteiger partial charge >= 0.3 is 0 Å². The number of nitrogens with zero attached hydrogens (tertiary/aromatic N) is 3. The summed E-state index contributed by atoms with van der Waals surface area (Å²) >= 11 is 1.72. The minimum absolute atomic E-state index is 0.0806. The molecule has 1 aromatic carbocycles. The van der Waals surface area contributed by atoms with Crippen molar-refractivity contribution in [2.75, 3.05) is 13.1 Å². The van der Waals surface area contributed by atoms with Crippen LogP contribution in [0.3, 0.4) is 0 Å². The third-order valence-electron chi connectivity index (χ3n) is 4.65. The van der Waals surface area contributed by atoms with Crippen LogP contribution in [0.1, 0.15) is 28.9 Å². The van der Waals surface area contributed by atoms with E-state index in [-0.39, 0.29) is 11.9 Å². The topological polar surface area (TPSA) is 63.6 Å². The highest BCUT2D eigenvalue weighted by Crippen LogP contribution is 2.23. The first kappa shape index (κ1) is 17.1. The zero-order valence-electron chi connectivity index (χ0n) is 14.5. The molecule has 6 heteroatoms. The Labute approximate surface area is 157 Å². The smallest absolute Gasteiger partial charge is 0.253 e. The van der Waals surface area contributed by atoms with E-state index >= 15 is 0 Å². The molecule has 1 fully saturated rings. The number of rotatable bonds is 4. The lowest BCUT2D eigenvalue weighted by Gasteiger charge is -2.30. The number of thioether (sulfide) groups is 1. The number of benzene rings is 1. The molecule has 1 amide bonds. The molecule has 0 bridgehead atoms. The van der Waals surface area contributed by atoms with E-state index in [0.29, 0.717) is 6.54 Å². The Kier molecular flexibility index (Phi) is 4.95. The molecular weight excluding hydrogens is 344 g/mol. The number of likely N-dealkylation sites (tertiary alicyclic amines) is 1. The Morgan fingerprint density at radius 1 is 1.23 bits per heavy atom. The maximum atomic E-state index is 12.6. The second-order valence-electron chi connectivity index (χ2n) is 6.66. The Hall–Kier alpha value is -2.31. The van der Waals surface area contributed by atoms with Crippen molar-refractivity contribution in [3.8, 4) is 0 Å². The first-order valence-corrected chi connectivity index (χ1v) is 9.88. The molecule has 1 saturated heterocycles. The van der Waals surface area contributed by atoms with Crippen molar-refractivity contribution < 1.29 is 4.79 Å². The summed E-state index contributed by atoms with van der Waals surface area (Å²) in [5.74, 6) is 0.882. The average molecular weight is 366 g/mol. The van der Waals surface area contributed by atoms with E-state index in [1.165, 1.54) is 0 Å². The van der Waals surface area contributed by atoms with Crippen molar-refractivity contribution in [2.24, 2.45) is 5.73 Å². The molecule has 0 saturated carbocycles. The van der Waals surface area contributed by atoms with E-state index in [4.69, 9.17) is 5.73 Å². The average Bonchev–Trinajstić information content (AvgIpc) is 3.09. The first-order chi connectivity index (χ1) is 12.7. The highest BCUT2D eigenvalue weighted by Gasteiger charge is 2.22. The number of carbonyl (C=O) groups excluding carboxylic acids is 1. The number of nitrogens with two attached hydrogens (primary N) is 1. The van der Waals surface area contributed by atoms with Crippen molar-refractivity contribution in [1.82, 2.24) is 14.3 Å². The molecule has 3 heterocycles. The molecule has 4 rings (SSSR count). The van der Waals surface area contributed by atoms with Crippen LogP contribution < -0.4 is 5.73 Å². The predicted molar refractivity (Wildman–Crippen MR) is 104 cm³/mol.